The van der Waals surface area contributed by atoms with Gasteiger partial charge >= 0.3 is 0 Å². The number of carbonyl (C=O) groups is 1. The van der Waals surface area contributed by atoms with E-state index in [4.69, 9.17) is 5.73 Å². The minimum Gasteiger partial charge on any atom is -0.399 e. The Morgan fingerprint density at radius 3 is 2.65 bits per heavy atom. The summed E-state index contributed by atoms with van der Waals surface area (Å²) in [6.07, 6.45) is 0. The lowest BCUT2D eigenvalue weighted by Crippen LogP contribution is -2.12. The van der Waals surface area contributed by atoms with Gasteiger partial charge in [0.2, 0.25) is 5.91 Å². The first-order valence-corrected chi connectivity index (χ1v) is 8.97. The highest BCUT2D eigenvalue weighted by atomic mass is 32.2. The molecule has 1 aromatic heterocycles. The van der Waals surface area contributed by atoms with Crippen molar-refractivity contribution in [3.63, 3.8) is 0 Å². The van der Waals surface area contributed by atoms with Crippen molar-refractivity contribution in [1.29, 1.82) is 0 Å². The van der Waals surface area contributed by atoms with Crippen LogP contribution in [-0.2, 0) is 4.79 Å². The van der Waals surface area contributed by atoms with Crippen LogP contribution in [0.1, 0.15) is 6.92 Å². The summed E-state index contributed by atoms with van der Waals surface area (Å²) in [7, 11) is 0. The maximum Gasteiger partial charge on any atom is 0.235 e. The molecule has 0 saturated heterocycles. The molecular weight excluding hydrogens is 308 g/mol. The molecule has 3 N–H and O–H groups in total. The fourth-order valence-corrected chi connectivity index (χ4v) is 4.15. The topological polar surface area (TPSA) is 55.1 Å². The summed E-state index contributed by atoms with van der Waals surface area (Å²) in [4.78, 5) is 12.9. The minimum absolute atomic E-state index is 0.0155. The number of carbonyl (C=O) groups excluding carboxylic acids is 1. The molecule has 0 unspecified atom stereocenters. The van der Waals surface area contributed by atoms with Gasteiger partial charge in [-0.3, -0.25) is 4.79 Å². The summed E-state index contributed by atoms with van der Waals surface area (Å²) in [6.45, 7) is 2.12. The lowest BCUT2D eigenvalue weighted by Gasteiger charge is -2.03. The van der Waals surface area contributed by atoms with Gasteiger partial charge in [0.15, 0.2) is 0 Å². The molecule has 106 valence electrons. The normalized spacial score (nSPS) is 10.4. The summed E-state index contributed by atoms with van der Waals surface area (Å²) >= 11 is 4.90. The van der Waals surface area contributed by atoms with Crippen molar-refractivity contribution in [3.05, 3.63) is 36.4 Å². The standard InChI is InChI=1S/C14H16N2OS3/c1-2-18-14-8-7-13(20-14)16-12(17)9-19-11-5-3-10(15)4-6-11/h3-8H,2,9,15H2,1H3,(H,16,17). The van der Waals surface area contributed by atoms with Gasteiger partial charge in [0.1, 0.15) is 0 Å². The predicted molar refractivity (Wildman–Crippen MR) is 90.9 cm³/mol. The van der Waals surface area contributed by atoms with Gasteiger partial charge in [-0.05, 0) is 42.2 Å². The molecule has 1 aromatic carbocycles. The third-order valence-corrected chi connectivity index (χ3v) is 5.50. The van der Waals surface area contributed by atoms with Gasteiger partial charge in [-0.15, -0.1) is 34.9 Å². The molecule has 1 heterocycles. The van der Waals surface area contributed by atoms with Gasteiger partial charge in [0.25, 0.3) is 0 Å². The second-order valence-corrected chi connectivity index (χ2v) is 7.65. The number of hydrogen-bond acceptors (Lipinski definition) is 5. The van der Waals surface area contributed by atoms with E-state index in [0.29, 0.717) is 5.75 Å². The van der Waals surface area contributed by atoms with E-state index >= 15 is 0 Å². The number of nitrogens with one attached hydrogen (secondary N) is 1. The van der Waals surface area contributed by atoms with E-state index in [1.165, 1.54) is 16.0 Å². The lowest BCUT2D eigenvalue weighted by molar-refractivity contribution is -0.113. The van der Waals surface area contributed by atoms with E-state index in [1.54, 1.807) is 23.1 Å². The van der Waals surface area contributed by atoms with Crippen LogP contribution < -0.4 is 11.1 Å². The van der Waals surface area contributed by atoms with Crippen LogP contribution in [-0.4, -0.2) is 17.4 Å². The molecule has 0 atom stereocenters. The molecule has 0 radical (unpaired) electrons. The monoisotopic (exact) mass is 324 g/mol. The fourth-order valence-electron chi connectivity index (χ4n) is 1.49. The van der Waals surface area contributed by atoms with Crippen LogP contribution in [0.5, 0.6) is 0 Å². The Morgan fingerprint density at radius 1 is 1.20 bits per heavy atom. The van der Waals surface area contributed by atoms with Crippen LogP contribution >= 0.6 is 34.9 Å². The molecule has 0 fully saturated rings. The van der Waals surface area contributed by atoms with Gasteiger partial charge in [0, 0.05) is 10.6 Å². The number of anilines is 2. The number of thioether (sulfide) groups is 2. The zero-order chi connectivity index (χ0) is 14.4. The molecule has 0 saturated carbocycles. The molecule has 0 aliphatic carbocycles. The first kappa shape index (κ1) is 15.3. The van der Waals surface area contributed by atoms with Crippen molar-refractivity contribution in [1.82, 2.24) is 0 Å². The third-order valence-electron chi connectivity index (χ3n) is 2.38. The Bertz CT molecular complexity index is 566. The van der Waals surface area contributed by atoms with E-state index in [2.05, 4.69) is 12.2 Å². The Kier molecular flexibility index (Phi) is 5.82. The number of nitrogen functional groups attached to an aromatic ring is 1. The van der Waals surface area contributed by atoms with Crippen molar-refractivity contribution in [2.45, 2.75) is 16.0 Å². The quantitative estimate of drug-likeness (QED) is 0.618. The number of hydrogen-bond donors (Lipinski definition) is 2. The lowest BCUT2D eigenvalue weighted by atomic mass is 10.3. The smallest absolute Gasteiger partial charge is 0.235 e. The zero-order valence-electron chi connectivity index (χ0n) is 11.1. The molecular formula is C14H16N2OS3. The highest BCUT2D eigenvalue weighted by Gasteiger charge is 2.06. The average Bonchev–Trinajstić information content (AvgIpc) is 2.86. The third kappa shape index (κ3) is 4.77. The first-order valence-electron chi connectivity index (χ1n) is 6.18. The van der Waals surface area contributed by atoms with Crippen LogP contribution in [0.15, 0.2) is 45.5 Å². The van der Waals surface area contributed by atoms with Gasteiger partial charge in [-0.2, -0.15) is 0 Å². The second kappa shape index (κ2) is 7.61. The van der Waals surface area contributed by atoms with Crippen molar-refractivity contribution in [2.75, 3.05) is 22.6 Å². The molecule has 20 heavy (non-hydrogen) atoms. The van der Waals surface area contributed by atoms with Crippen LogP contribution in [0.4, 0.5) is 10.7 Å². The van der Waals surface area contributed by atoms with Gasteiger partial charge in [-0.25, -0.2) is 0 Å². The Labute approximate surface area is 131 Å². The van der Waals surface area contributed by atoms with Crippen LogP contribution in [0, 0.1) is 0 Å². The number of amides is 1. The molecule has 6 heteroatoms. The van der Waals surface area contributed by atoms with E-state index < -0.39 is 0 Å². The number of nitrogens with two attached hydrogens (primary N) is 1. The molecule has 0 spiro atoms. The number of thiophene rings is 1. The van der Waals surface area contributed by atoms with E-state index in [1.807, 2.05) is 36.4 Å². The largest absolute Gasteiger partial charge is 0.399 e. The summed E-state index contributed by atoms with van der Waals surface area (Å²) in [5.41, 5.74) is 6.36. The maximum absolute atomic E-state index is 11.9. The SMILES string of the molecule is CCSc1ccc(NC(=O)CSc2ccc(N)cc2)s1. The van der Waals surface area contributed by atoms with Gasteiger partial charge < -0.3 is 11.1 Å². The van der Waals surface area contributed by atoms with Crippen molar-refractivity contribution in [3.8, 4) is 0 Å². The molecule has 2 aromatic rings. The summed E-state index contributed by atoms with van der Waals surface area (Å²) in [5, 5.41) is 3.83. The van der Waals surface area contributed by atoms with Crippen molar-refractivity contribution in [2.24, 2.45) is 0 Å². The average molecular weight is 324 g/mol. The van der Waals surface area contributed by atoms with Crippen molar-refractivity contribution < 1.29 is 4.79 Å². The van der Waals surface area contributed by atoms with Crippen molar-refractivity contribution >= 4 is 51.5 Å². The van der Waals surface area contributed by atoms with Gasteiger partial charge in [-0.1, -0.05) is 6.92 Å². The second-order valence-electron chi connectivity index (χ2n) is 3.96. The predicted octanol–water partition coefficient (Wildman–Crippen LogP) is 4.17. The van der Waals surface area contributed by atoms with E-state index in [-0.39, 0.29) is 5.91 Å². The van der Waals surface area contributed by atoms with E-state index in [0.717, 1.165) is 21.3 Å². The Hall–Kier alpha value is -1.11. The Balaban J connectivity index is 1.81. The molecule has 2 rings (SSSR count). The van der Waals surface area contributed by atoms with Crippen LogP contribution in [0.2, 0.25) is 0 Å². The molecule has 0 aliphatic heterocycles. The summed E-state index contributed by atoms with van der Waals surface area (Å²) < 4.78 is 1.23. The van der Waals surface area contributed by atoms with Crippen LogP contribution in [0.25, 0.3) is 0 Å². The van der Waals surface area contributed by atoms with Gasteiger partial charge in [0.05, 0.1) is 15.0 Å². The first-order chi connectivity index (χ1) is 9.67. The molecule has 1 amide bonds. The zero-order valence-corrected chi connectivity index (χ0v) is 13.5. The number of benzene rings is 1. The highest BCUT2D eigenvalue weighted by Crippen LogP contribution is 2.30. The maximum atomic E-state index is 11.9. The Morgan fingerprint density at radius 2 is 1.95 bits per heavy atom. The summed E-state index contributed by atoms with van der Waals surface area (Å²) in [6, 6.07) is 11.5. The van der Waals surface area contributed by atoms with Crippen LogP contribution in [0.3, 0.4) is 0 Å². The highest BCUT2D eigenvalue weighted by molar-refractivity contribution is 8.01. The fraction of sp³-hybridized carbons (Fsp3) is 0.214. The molecule has 0 aliphatic rings. The molecule has 3 nitrogen and oxygen atoms in total. The number of rotatable bonds is 6. The molecule has 0 bridgehead atoms. The van der Waals surface area contributed by atoms with E-state index in [9.17, 15) is 4.79 Å². The summed E-state index contributed by atoms with van der Waals surface area (Å²) in [5.74, 6) is 1.46. The minimum atomic E-state index is 0.0155.